The van der Waals surface area contributed by atoms with Crippen LogP contribution in [0.15, 0.2) is 30.6 Å². The third-order valence-corrected chi connectivity index (χ3v) is 4.21. The van der Waals surface area contributed by atoms with Crippen molar-refractivity contribution in [2.75, 3.05) is 19.6 Å². The predicted molar refractivity (Wildman–Crippen MR) is 92.9 cm³/mol. The highest BCUT2D eigenvalue weighted by Crippen LogP contribution is 2.17. The molecule has 130 valence electrons. The molecule has 1 amide bonds. The van der Waals surface area contributed by atoms with E-state index in [1.54, 1.807) is 6.20 Å². The number of aromatic nitrogens is 2. The van der Waals surface area contributed by atoms with Crippen LogP contribution >= 0.6 is 0 Å². The van der Waals surface area contributed by atoms with E-state index in [0.29, 0.717) is 6.54 Å². The van der Waals surface area contributed by atoms with Gasteiger partial charge in [0.05, 0.1) is 5.52 Å². The number of ether oxygens (including phenoxy) is 1. The van der Waals surface area contributed by atoms with Crippen molar-refractivity contribution in [3.8, 4) is 0 Å². The van der Waals surface area contributed by atoms with Crippen LogP contribution in [0.3, 0.4) is 0 Å². The normalized spacial score (nSPS) is 19.7. The van der Waals surface area contributed by atoms with Crippen LogP contribution in [0.4, 0.5) is 4.79 Å². The summed E-state index contributed by atoms with van der Waals surface area (Å²) in [6.07, 6.45) is 3.58. The molecule has 0 saturated carbocycles. The van der Waals surface area contributed by atoms with Crippen LogP contribution < -0.4 is 0 Å². The maximum absolute atomic E-state index is 12.3. The average molecular weight is 330 g/mol. The van der Waals surface area contributed by atoms with Gasteiger partial charge in [-0.3, -0.25) is 4.90 Å². The molecule has 1 saturated heterocycles. The van der Waals surface area contributed by atoms with E-state index in [2.05, 4.69) is 29.1 Å². The van der Waals surface area contributed by atoms with Crippen molar-refractivity contribution in [2.45, 2.75) is 45.9 Å². The Morgan fingerprint density at radius 2 is 2.12 bits per heavy atom. The summed E-state index contributed by atoms with van der Waals surface area (Å²) in [6.45, 7) is 11.1. The van der Waals surface area contributed by atoms with Crippen LogP contribution in [-0.2, 0) is 11.3 Å². The van der Waals surface area contributed by atoms with Crippen molar-refractivity contribution in [3.05, 3.63) is 36.2 Å². The number of amides is 1. The van der Waals surface area contributed by atoms with Crippen LogP contribution in [-0.4, -0.2) is 56.8 Å². The third kappa shape index (κ3) is 3.87. The van der Waals surface area contributed by atoms with E-state index in [1.807, 2.05) is 42.4 Å². The quantitative estimate of drug-likeness (QED) is 0.849. The van der Waals surface area contributed by atoms with E-state index in [0.717, 1.165) is 25.2 Å². The molecule has 24 heavy (non-hydrogen) atoms. The zero-order chi connectivity index (χ0) is 17.3. The standard InChI is InChI=1S/C18H26N4O2/c1-14-12-20(9-10-21(14)17(23)24-18(2,3)4)13-15-6-8-22-16(11-15)5-7-19-22/h5-8,11,14H,9-10,12-13H2,1-4H3/t14-/m0/s1. The lowest BCUT2D eigenvalue weighted by Gasteiger charge is -2.40. The highest BCUT2D eigenvalue weighted by molar-refractivity contribution is 5.68. The fraction of sp³-hybridized carbons (Fsp3) is 0.556. The molecule has 0 spiro atoms. The number of carbonyl (C=O) groups excluding carboxylic acids is 1. The number of hydrogen-bond donors (Lipinski definition) is 0. The Morgan fingerprint density at radius 3 is 2.83 bits per heavy atom. The number of pyridine rings is 1. The molecule has 1 aliphatic heterocycles. The van der Waals surface area contributed by atoms with Crippen LogP contribution in [0.1, 0.15) is 33.3 Å². The second-order valence-corrected chi connectivity index (χ2v) is 7.49. The van der Waals surface area contributed by atoms with Gasteiger partial charge in [-0.05, 0) is 51.5 Å². The maximum Gasteiger partial charge on any atom is 0.410 e. The zero-order valence-corrected chi connectivity index (χ0v) is 14.9. The van der Waals surface area contributed by atoms with Crippen LogP contribution in [0, 0.1) is 0 Å². The molecule has 1 aliphatic rings. The molecule has 1 fully saturated rings. The van der Waals surface area contributed by atoms with Gasteiger partial charge in [0.25, 0.3) is 0 Å². The van der Waals surface area contributed by atoms with Crippen molar-refractivity contribution in [3.63, 3.8) is 0 Å². The Kier molecular flexibility index (Phi) is 4.49. The minimum Gasteiger partial charge on any atom is -0.444 e. The van der Waals surface area contributed by atoms with Gasteiger partial charge in [0, 0.05) is 44.6 Å². The molecule has 1 atom stereocenters. The minimum absolute atomic E-state index is 0.146. The Hall–Kier alpha value is -2.08. The minimum atomic E-state index is -0.450. The molecule has 2 aromatic heterocycles. The summed E-state index contributed by atoms with van der Waals surface area (Å²) in [7, 11) is 0. The van der Waals surface area contributed by atoms with Gasteiger partial charge in [-0.25, -0.2) is 9.31 Å². The predicted octanol–water partition coefficient (Wildman–Crippen LogP) is 2.78. The fourth-order valence-corrected chi connectivity index (χ4v) is 3.09. The van der Waals surface area contributed by atoms with E-state index in [1.165, 1.54) is 5.56 Å². The van der Waals surface area contributed by atoms with Crippen molar-refractivity contribution in [1.82, 2.24) is 19.4 Å². The first-order valence-corrected chi connectivity index (χ1v) is 8.46. The summed E-state index contributed by atoms with van der Waals surface area (Å²) in [5.74, 6) is 0. The van der Waals surface area contributed by atoms with Gasteiger partial charge in [0.2, 0.25) is 0 Å². The largest absolute Gasteiger partial charge is 0.444 e. The third-order valence-electron chi connectivity index (χ3n) is 4.21. The number of piperazine rings is 1. The van der Waals surface area contributed by atoms with Crippen molar-refractivity contribution in [2.24, 2.45) is 0 Å². The highest BCUT2D eigenvalue weighted by atomic mass is 16.6. The Balaban J connectivity index is 1.59. The molecule has 3 rings (SSSR count). The van der Waals surface area contributed by atoms with E-state index >= 15 is 0 Å². The second-order valence-electron chi connectivity index (χ2n) is 7.49. The second kappa shape index (κ2) is 6.43. The molecule has 3 heterocycles. The lowest BCUT2D eigenvalue weighted by molar-refractivity contribution is 0.000565. The van der Waals surface area contributed by atoms with Crippen LogP contribution in [0.25, 0.3) is 5.52 Å². The summed E-state index contributed by atoms with van der Waals surface area (Å²) in [6, 6.07) is 6.42. The number of fused-ring (bicyclic) bond motifs is 1. The number of nitrogens with zero attached hydrogens (tertiary/aromatic N) is 4. The first kappa shape index (κ1) is 16.8. The summed E-state index contributed by atoms with van der Waals surface area (Å²) in [5, 5.41) is 4.22. The monoisotopic (exact) mass is 330 g/mol. The molecule has 0 N–H and O–H groups in total. The number of hydrogen-bond acceptors (Lipinski definition) is 4. The first-order valence-electron chi connectivity index (χ1n) is 8.46. The van der Waals surface area contributed by atoms with Crippen molar-refractivity contribution >= 4 is 11.6 Å². The van der Waals surface area contributed by atoms with Gasteiger partial charge in [-0.15, -0.1) is 0 Å². The number of carbonyl (C=O) groups is 1. The number of rotatable bonds is 2. The molecule has 6 heteroatoms. The summed E-state index contributed by atoms with van der Waals surface area (Å²) in [5.41, 5.74) is 1.92. The average Bonchev–Trinajstić information content (AvgIpc) is 2.93. The summed E-state index contributed by atoms with van der Waals surface area (Å²) in [4.78, 5) is 16.5. The van der Waals surface area contributed by atoms with E-state index < -0.39 is 5.60 Å². The maximum atomic E-state index is 12.3. The smallest absolute Gasteiger partial charge is 0.410 e. The topological polar surface area (TPSA) is 50.1 Å². The molecule has 2 aromatic rings. The van der Waals surface area contributed by atoms with Gasteiger partial charge in [-0.1, -0.05) is 0 Å². The fourth-order valence-electron chi connectivity index (χ4n) is 3.09. The van der Waals surface area contributed by atoms with Crippen LogP contribution in [0.5, 0.6) is 0 Å². The van der Waals surface area contributed by atoms with Gasteiger partial charge in [0.15, 0.2) is 0 Å². The summed E-state index contributed by atoms with van der Waals surface area (Å²) >= 11 is 0. The van der Waals surface area contributed by atoms with E-state index in [-0.39, 0.29) is 12.1 Å². The van der Waals surface area contributed by atoms with Gasteiger partial charge >= 0.3 is 6.09 Å². The molecule has 0 aliphatic carbocycles. The van der Waals surface area contributed by atoms with Crippen molar-refractivity contribution in [1.29, 1.82) is 0 Å². The first-order chi connectivity index (χ1) is 11.3. The molecule has 0 unspecified atom stereocenters. The molecule has 0 bridgehead atoms. The van der Waals surface area contributed by atoms with Crippen LogP contribution in [0.2, 0.25) is 0 Å². The van der Waals surface area contributed by atoms with Gasteiger partial charge < -0.3 is 9.64 Å². The zero-order valence-electron chi connectivity index (χ0n) is 14.9. The summed E-state index contributed by atoms with van der Waals surface area (Å²) < 4.78 is 7.37. The molecule has 0 radical (unpaired) electrons. The Morgan fingerprint density at radius 1 is 1.33 bits per heavy atom. The highest BCUT2D eigenvalue weighted by Gasteiger charge is 2.30. The van der Waals surface area contributed by atoms with Gasteiger partial charge in [0.1, 0.15) is 5.60 Å². The Labute approximate surface area is 143 Å². The Bertz CT molecular complexity index is 719. The van der Waals surface area contributed by atoms with E-state index in [9.17, 15) is 4.79 Å². The molecular weight excluding hydrogens is 304 g/mol. The van der Waals surface area contributed by atoms with Crippen molar-refractivity contribution < 1.29 is 9.53 Å². The van der Waals surface area contributed by atoms with E-state index in [4.69, 9.17) is 4.74 Å². The lowest BCUT2D eigenvalue weighted by atomic mass is 10.1. The molecular formula is C18H26N4O2. The SMILES string of the molecule is C[C@H]1CN(Cc2ccn3nccc3c2)CCN1C(=O)OC(C)(C)C. The lowest BCUT2D eigenvalue weighted by Crippen LogP contribution is -2.54. The molecule has 6 nitrogen and oxygen atoms in total. The molecule has 0 aromatic carbocycles. The van der Waals surface area contributed by atoms with Gasteiger partial charge in [-0.2, -0.15) is 5.10 Å².